The fourth-order valence-corrected chi connectivity index (χ4v) is 6.68. The van der Waals surface area contributed by atoms with Crippen molar-refractivity contribution in [1.82, 2.24) is 15.1 Å². The molecule has 2 heterocycles. The van der Waals surface area contributed by atoms with Crippen molar-refractivity contribution in [2.24, 2.45) is 0 Å². The number of hydrogen-bond acceptors (Lipinski definition) is 6. The highest BCUT2D eigenvalue weighted by Gasteiger charge is 2.57. The minimum Gasteiger partial charge on any atom is -0.377 e. The predicted molar refractivity (Wildman–Crippen MR) is 118 cm³/mol. The van der Waals surface area contributed by atoms with Crippen molar-refractivity contribution >= 4 is 28.3 Å². The van der Waals surface area contributed by atoms with Crippen molar-refractivity contribution in [3.8, 4) is 0 Å². The summed E-state index contributed by atoms with van der Waals surface area (Å²) in [4.78, 5) is 29.6. The van der Waals surface area contributed by atoms with E-state index in [9.17, 15) is 9.59 Å². The van der Waals surface area contributed by atoms with Gasteiger partial charge < -0.3 is 9.64 Å². The standard InChI is InChI=1S/C23H28N4O3S/c1-30-14-18-25-26-22(31-18)24-20(28)19-16-10-4-5-11-17(16)21(29)27(15-8-2-3-9-15)23(19)12-6-7-13-23/h4-5,10-11,15,19H,2-3,6-9,12-14H2,1H3,(H,24,26,28)/t19-/m0/s1. The summed E-state index contributed by atoms with van der Waals surface area (Å²) < 4.78 is 5.12. The minimum atomic E-state index is -0.454. The van der Waals surface area contributed by atoms with Gasteiger partial charge in [-0.2, -0.15) is 0 Å². The number of rotatable bonds is 5. The molecule has 1 spiro atoms. The van der Waals surface area contributed by atoms with Crippen molar-refractivity contribution in [2.75, 3.05) is 12.4 Å². The Hall–Kier alpha value is -2.32. The minimum absolute atomic E-state index is 0.0926. The molecule has 0 radical (unpaired) electrons. The van der Waals surface area contributed by atoms with E-state index in [1.54, 1.807) is 7.11 Å². The van der Waals surface area contributed by atoms with Crippen LogP contribution in [0.3, 0.4) is 0 Å². The molecule has 1 aromatic carbocycles. The number of nitrogens with one attached hydrogen (secondary N) is 1. The average molecular weight is 441 g/mol. The van der Waals surface area contributed by atoms with Gasteiger partial charge in [0.05, 0.1) is 11.5 Å². The van der Waals surface area contributed by atoms with Gasteiger partial charge in [0.25, 0.3) is 5.91 Å². The van der Waals surface area contributed by atoms with Crippen LogP contribution in [0.4, 0.5) is 5.13 Å². The molecule has 1 aromatic heterocycles. The van der Waals surface area contributed by atoms with Crippen molar-refractivity contribution in [3.63, 3.8) is 0 Å². The molecular formula is C23H28N4O3S. The maximum absolute atomic E-state index is 13.8. The second kappa shape index (κ2) is 8.31. The molecule has 2 saturated carbocycles. The van der Waals surface area contributed by atoms with E-state index in [1.807, 2.05) is 24.3 Å². The third-order valence-electron chi connectivity index (χ3n) is 7.12. The first-order valence-electron chi connectivity index (χ1n) is 11.2. The fourth-order valence-electron chi connectivity index (χ4n) is 5.96. The molecule has 2 aliphatic carbocycles. The predicted octanol–water partition coefficient (Wildman–Crippen LogP) is 4.12. The molecule has 0 unspecified atom stereocenters. The van der Waals surface area contributed by atoms with Crippen LogP contribution >= 0.6 is 11.3 Å². The van der Waals surface area contributed by atoms with E-state index < -0.39 is 11.5 Å². The number of carbonyl (C=O) groups is 2. The topological polar surface area (TPSA) is 84.4 Å². The van der Waals surface area contributed by atoms with Crippen LogP contribution in [0, 0.1) is 0 Å². The van der Waals surface area contributed by atoms with E-state index in [1.165, 1.54) is 11.3 Å². The second-order valence-electron chi connectivity index (χ2n) is 8.87. The van der Waals surface area contributed by atoms with Crippen molar-refractivity contribution in [1.29, 1.82) is 0 Å². The molecule has 1 atom stereocenters. The average Bonchev–Trinajstić information content (AvgIpc) is 3.53. The molecule has 1 N–H and O–H groups in total. The quantitative estimate of drug-likeness (QED) is 0.756. The number of ether oxygens (including phenoxy) is 1. The third-order valence-corrected chi connectivity index (χ3v) is 7.94. The Morgan fingerprint density at radius 1 is 1.19 bits per heavy atom. The van der Waals surface area contributed by atoms with Crippen LogP contribution in [0.25, 0.3) is 0 Å². The van der Waals surface area contributed by atoms with Crippen LogP contribution in [0.15, 0.2) is 24.3 Å². The van der Waals surface area contributed by atoms with Crippen molar-refractivity contribution in [3.05, 3.63) is 40.4 Å². The molecule has 164 valence electrons. The van der Waals surface area contributed by atoms with Gasteiger partial charge in [-0.15, -0.1) is 10.2 Å². The summed E-state index contributed by atoms with van der Waals surface area (Å²) in [6.45, 7) is 0.369. The van der Waals surface area contributed by atoms with Crippen LogP contribution in [-0.4, -0.2) is 45.6 Å². The molecule has 0 saturated heterocycles. The van der Waals surface area contributed by atoms with Gasteiger partial charge in [-0.05, 0) is 37.3 Å². The Morgan fingerprint density at radius 2 is 1.94 bits per heavy atom. The lowest BCUT2D eigenvalue weighted by atomic mass is 9.70. The molecule has 31 heavy (non-hydrogen) atoms. The fraction of sp³-hybridized carbons (Fsp3) is 0.565. The number of carbonyl (C=O) groups excluding carboxylic acids is 2. The van der Waals surface area contributed by atoms with Gasteiger partial charge in [0.15, 0.2) is 0 Å². The smallest absolute Gasteiger partial charge is 0.254 e. The largest absolute Gasteiger partial charge is 0.377 e. The molecule has 2 fully saturated rings. The molecular weight excluding hydrogens is 412 g/mol. The Labute approximate surface area is 186 Å². The lowest BCUT2D eigenvalue weighted by molar-refractivity contribution is -0.121. The number of hydrogen-bond donors (Lipinski definition) is 1. The molecule has 8 heteroatoms. The van der Waals surface area contributed by atoms with Gasteiger partial charge >= 0.3 is 0 Å². The van der Waals surface area contributed by atoms with E-state index >= 15 is 0 Å². The molecule has 0 bridgehead atoms. The monoisotopic (exact) mass is 440 g/mol. The zero-order valence-electron chi connectivity index (χ0n) is 17.8. The molecule has 2 amide bonds. The first kappa shape index (κ1) is 20.6. The molecule has 5 rings (SSSR count). The molecule has 3 aliphatic rings. The zero-order chi connectivity index (χ0) is 21.4. The van der Waals surface area contributed by atoms with E-state index in [0.29, 0.717) is 17.3 Å². The van der Waals surface area contributed by atoms with E-state index in [-0.39, 0.29) is 17.9 Å². The number of anilines is 1. The third kappa shape index (κ3) is 3.46. The SMILES string of the molecule is COCc1nnc(NC(=O)[C@@H]2c3ccccc3C(=O)N(C3CCCC3)C23CCCC3)s1. The molecule has 7 nitrogen and oxygen atoms in total. The first-order chi connectivity index (χ1) is 15.1. The first-order valence-corrected chi connectivity index (χ1v) is 12.0. The maximum Gasteiger partial charge on any atom is 0.254 e. The Balaban J connectivity index is 1.56. The molecule has 1 aliphatic heterocycles. The van der Waals surface area contributed by atoms with E-state index in [0.717, 1.165) is 61.9 Å². The summed E-state index contributed by atoms with van der Waals surface area (Å²) in [6.07, 6.45) is 8.17. The summed E-state index contributed by atoms with van der Waals surface area (Å²) in [5, 5.41) is 12.4. The summed E-state index contributed by atoms with van der Waals surface area (Å²) in [5.41, 5.74) is 1.07. The van der Waals surface area contributed by atoms with Crippen LogP contribution < -0.4 is 5.32 Å². The highest BCUT2D eigenvalue weighted by atomic mass is 32.1. The summed E-state index contributed by atoms with van der Waals surface area (Å²) in [5.74, 6) is -0.393. The number of nitrogens with zero attached hydrogens (tertiary/aromatic N) is 3. The summed E-state index contributed by atoms with van der Waals surface area (Å²) >= 11 is 1.33. The number of benzene rings is 1. The van der Waals surface area contributed by atoms with E-state index in [2.05, 4.69) is 20.4 Å². The van der Waals surface area contributed by atoms with E-state index in [4.69, 9.17) is 4.74 Å². The Morgan fingerprint density at radius 3 is 2.68 bits per heavy atom. The van der Waals surface area contributed by atoms with Crippen LogP contribution in [0.5, 0.6) is 0 Å². The maximum atomic E-state index is 13.8. The summed E-state index contributed by atoms with van der Waals surface area (Å²) in [7, 11) is 1.61. The van der Waals surface area contributed by atoms with Gasteiger partial charge in [-0.1, -0.05) is 55.2 Å². The van der Waals surface area contributed by atoms with Gasteiger partial charge in [0.2, 0.25) is 11.0 Å². The van der Waals surface area contributed by atoms with Gasteiger partial charge in [0.1, 0.15) is 11.6 Å². The van der Waals surface area contributed by atoms with Crippen molar-refractivity contribution in [2.45, 2.75) is 75.5 Å². The van der Waals surface area contributed by atoms with Gasteiger partial charge in [-0.25, -0.2) is 0 Å². The Bertz CT molecular complexity index is 979. The highest BCUT2D eigenvalue weighted by Crippen LogP contribution is 2.52. The van der Waals surface area contributed by atoms with Crippen LogP contribution in [-0.2, 0) is 16.1 Å². The van der Waals surface area contributed by atoms with Crippen LogP contribution in [0.2, 0.25) is 0 Å². The lowest BCUT2D eigenvalue weighted by Crippen LogP contribution is -2.62. The summed E-state index contributed by atoms with van der Waals surface area (Å²) in [6, 6.07) is 7.89. The lowest BCUT2D eigenvalue weighted by Gasteiger charge is -2.52. The van der Waals surface area contributed by atoms with Crippen LogP contribution in [0.1, 0.15) is 78.2 Å². The number of aromatic nitrogens is 2. The van der Waals surface area contributed by atoms with Gasteiger partial charge in [-0.3, -0.25) is 14.9 Å². The number of methoxy groups -OCH3 is 1. The number of fused-ring (bicyclic) bond motifs is 1. The van der Waals surface area contributed by atoms with Crippen molar-refractivity contribution < 1.29 is 14.3 Å². The molecule has 2 aromatic rings. The van der Waals surface area contributed by atoms with Gasteiger partial charge in [0, 0.05) is 18.7 Å². The second-order valence-corrected chi connectivity index (χ2v) is 9.93. The Kier molecular flexibility index (Phi) is 5.52. The normalized spacial score (nSPS) is 22.8. The highest BCUT2D eigenvalue weighted by molar-refractivity contribution is 7.15. The zero-order valence-corrected chi connectivity index (χ0v) is 18.6. The number of amides is 2.